The summed E-state index contributed by atoms with van der Waals surface area (Å²) in [6.45, 7) is 6.15. The SMILES string of the molecule is CC(C)(C)CC(N)CC(=O)c1c(F)cccc1Cl. The van der Waals surface area contributed by atoms with E-state index in [9.17, 15) is 9.18 Å². The van der Waals surface area contributed by atoms with E-state index in [1.165, 1.54) is 18.2 Å². The molecule has 0 aliphatic rings. The van der Waals surface area contributed by atoms with Crippen molar-refractivity contribution in [2.45, 2.75) is 39.7 Å². The lowest BCUT2D eigenvalue weighted by molar-refractivity contribution is 0.0964. The van der Waals surface area contributed by atoms with Gasteiger partial charge in [0.15, 0.2) is 5.78 Å². The number of rotatable bonds is 4. The van der Waals surface area contributed by atoms with Gasteiger partial charge < -0.3 is 5.73 Å². The van der Waals surface area contributed by atoms with Crippen molar-refractivity contribution in [2.24, 2.45) is 11.1 Å². The summed E-state index contributed by atoms with van der Waals surface area (Å²) in [4.78, 5) is 12.0. The van der Waals surface area contributed by atoms with Crippen LogP contribution in [0.1, 0.15) is 44.0 Å². The average Bonchev–Trinajstić information content (AvgIpc) is 2.13. The van der Waals surface area contributed by atoms with Gasteiger partial charge in [0.1, 0.15) is 5.82 Å². The predicted octanol–water partition coefficient (Wildman–Crippen LogP) is 3.82. The van der Waals surface area contributed by atoms with E-state index in [-0.39, 0.29) is 34.2 Å². The molecule has 0 aliphatic carbocycles. The fraction of sp³-hybridized carbons (Fsp3) is 0.500. The molecule has 0 radical (unpaired) electrons. The average molecular weight is 272 g/mol. The second kappa shape index (κ2) is 5.81. The summed E-state index contributed by atoms with van der Waals surface area (Å²) in [6.07, 6.45) is 0.808. The van der Waals surface area contributed by atoms with E-state index in [0.29, 0.717) is 6.42 Å². The number of benzene rings is 1. The molecule has 100 valence electrons. The Hall–Kier alpha value is -0.930. The van der Waals surface area contributed by atoms with Gasteiger partial charge in [-0.05, 0) is 24.0 Å². The summed E-state index contributed by atoms with van der Waals surface area (Å²) in [6, 6.07) is 3.93. The maximum atomic E-state index is 13.5. The molecule has 0 aromatic heterocycles. The minimum Gasteiger partial charge on any atom is -0.327 e. The van der Waals surface area contributed by atoms with Crippen molar-refractivity contribution in [1.82, 2.24) is 0 Å². The van der Waals surface area contributed by atoms with Crippen LogP contribution in [0.3, 0.4) is 0 Å². The molecule has 1 atom stereocenters. The minimum atomic E-state index is -0.588. The third-order valence-electron chi connectivity index (χ3n) is 2.56. The Kier molecular flexibility index (Phi) is 4.88. The highest BCUT2D eigenvalue weighted by Gasteiger charge is 2.21. The molecular formula is C14H19ClFNO. The smallest absolute Gasteiger partial charge is 0.168 e. The molecule has 2 nitrogen and oxygen atoms in total. The Balaban J connectivity index is 2.77. The number of hydrogen-bond acceptors (Lipinski definition) is 2. The Morgan fingerprint density at radius 3 is 2.56 bits per heavy atom. The van der Waals surface area contributed by atoms with Gasteiger partial charge in [0.2, 0.25) is 0 Å². The van der Waals surface area contributed by atoms with Crippen LogP contribution in [0.4, 0.5) is 4.39 Å². The van der Waals surface area contributed by atoms with E-state index in [4.69, 9.17) is 17.3 Å². The van der Waals surface area contributed by atoms with Crippen LogP contribution < -0.4 is 5.73 Å². The van der Waals surface area contributed by atoms with E-state index >= 15 is 0 Å². The first kappa shape index (κ1) is 15.1. The van der Waals surface area contributed by atoms with Crippen molar-refractivity contribution in [3.05, 3.63) is 34.6 Å². The van der Waals surface area contributed by atoms with Crippen LogP contribution >= 0.6 is 11.6 Å². The number of ketones is 1. The summed E-state index contributed by atoms with van der Waals surface area (Å²) in [5, 5.41) is 0.142. The first-order valence-electron chi connectivity index (χ1n) is 5.93. The van der Waals surface area contributed by atoms with Crippen LogP contribution in [-0.2, 0) is 0 Å². The summed E-state index contributed by atoms with van der Waals surface area (Å²) in [5.41, 5.74) is 5.90. The molecular weight excluding hydrogens is 253 g/mol. The zero-order valence-corrected chi connectivity index (χ0v) is 11.7. The Bertz CT molecular complexity index is 420. The van der Waals surface area contributed by atoms with Crippen LogP contribution in [0.25, 0.3) is 0 Å². The standard InChI is InChI=1S/C14H19ClFNO/c1-14(2,3)8-9(17)7-12(18)13-10(15)5-4-6-11(13)16/h4-6,9H,7-8,17H2,1-3H3. The highest BCUT2D eigenvalue weighted by atomic mass is 35.5. The summed E-state index contributed by atoms with van der Waals surface area (Å²) < 4.78 is 13.5. The lowest BCUT2D eigenvalue weighted by Crippen LogP contribution is -2.29. The van der Waals surface area contributed by atoms with Crippen molar-refractivity contribution < 1.29 is 9.18 Å². The van der Waals surface area contributed by atoms with E-state index < -0.39 is 5.82 Å². The van der Waals surface area contributed by atoms with Gasteiger partial charge in [0.05, 0.1) is 10.6 Å². The van der Waals surface area contributed by atoms with Crippen LogP contribution in [0.5, 0.6) is 0 Å². The van der Waals surface area contributed by atoms with Gasteiger partial charge in [0, 0.05) is 12.5 Å². The van der Waals surface area contributed by atoms with E-state index in [1.807, 2.05) is 20.8 Å². The summed E-state index contributed by atoms with van der Waals surface area (Å²) in [5.74, 6) is -0.926. The molecule has 1 aromatic carbocycles. The lowest BCUT2D eigenvalue weighted by Gasteiger charge is -2.22. The Labute approximate surface area is 112 Å². The number of carbonyl (C=O) groups is 1. The van der Waals surface area contributed by atoms with Crippen molar-refractivity contribution in [1.29, 1.82) is 0 Å². The fourth-order valence-electron chi connectivity index (χ4n) is 1.96. The predicted molar refractivity (Wildman–Crippen MR) is 72.4 cm³/mol. The molecule has 0 spiro atoms. The van der Waals surface area contributed by atoms with Gasteiger partial charge >= 0.3 is 0 Å². The molecule has 1 unspecified atom stereocenters. The van der Waals surface area contributed by atoms with Gasteiger partial charge in [-0.2, -0.15) is 0 Å². The first-order chi connectivity index (χ1) is 8.20. The molecule has 1 aromatic rings. The molecule has 2 N–H and O–H groups in total. The van der Waals surface area contributed by atoms with Gasteiger partial charge in [-0.3, -0.25) is 4.79 Å². The maximum Gasteiger partial charge on any atom is 0.168 e. The van der Waals surface area contributed by atoms with E-state index in [2.05, 4.69) is 0 Å². The number of carbonyl (C=O) groups excluding carboxylic acids is 1. The summed E-state index contributed by atoms with van der Waals surface area (Å²) in [7, 11) is 0. The van der Waals surface area contributed by atoms with Gasteiger partial charge in [-0.1, -0.05) is 38.4 Å². The molecule has 0 fully saturated rings. The zero-order chi connectivity index (χ0) is 13.9. The number of nitrogens with two attached hydrogens (primary N) is 1. The third-order valence-corrected chi connectivity index (χ3v) is 2.88. The van der Waals surface area contributed by atoms with Crippen molar-refractivity contribution in [2.75, 3.05) is 0 Å². The molecule has 0 aliphatic heterocycles. The van der Waals surface area contributed by atoms with Gasteiger partial charge in [-0.25, -0.2) is 4.39 Å². The number of hydrogen-bond donors (Lipinski definition) is 1. The van der Waals surface area contributed by atoms with Gasteiger partial charge in [0.25, 0.3) is 0 Å². The Morgan fingerprint density at radius 2 is 2.06 bits per heavy atom. The Morgan fingerprint density at radius 1 is 1.44 bits per heavy atom. The second-order valence-corrected chi connectivity index (χ2v) is 6.16. The highest BCUT2D eigenvalue weighted by molar-refractivity contribution is 6.34. The van der Waals surface area contributed by atoms with Crippen LogP contribution in [0.2, 0.25) is 5.02 Å². The molecule has 18 heavy (non-hydrogen) atoms. The van der Waals surface area contributed by atoms with E-state index in [0.717, 1.165) is 0 Å². The third kappa shape index (κ3) is 4.39. The van der Waals surface area contributed by atoms with Crippen molar-refractivity contribution >= 4 is 17.4 Å². The van der Waals surface area contributed by atoms with E-state index in [1.54, 1.807) is 0 Å². The molecule has 0 bridgehead atoms. The topological polar surface area (TPSA) is 43.1 Å². The van der Waals surface area contributed by atoms with Crippen LogP contribution in [-0.4, -0.2) is 11.8 Å². The quantitative estimate of drug-likeness (QED) is 0.846. The molecule has 0 saturated heterocycles. The maximum absolute atomic E-state index is 13.5. The molecule has 0 amide bonds. The highest BCUT2D eigenvalue weighted by Crippen LogP contribution is 2.24. The monoisotopic (exact) mass is 271 g/mol. The van der Waals surface area contributed by atoms with Crippen molar-refractivity contribution in [3.63, 3.8) is 0 Å². The number of halogens is 2. The second-order valence-electron chi connectivity index (χ2n) is 5.75. The fourth-order valence-corrected chi connectivity index (χ4v) is 2.23. The normalized spacial score (nSPS) is 13.4. The van der Waals surface area contributed by atoms with Crippen molar-refractivity contribution in [3.8, 4) is 0 Å². The minimum absolute atomic E-state index is 0.0404. The molecule has 1 rings (SSSR count). The number of Topliss-reactive ketones (excluding diaryl/α,β-unsaturated/α-hetero) is 1. The lowest BCUT2D eigenvalue weighted by atomic mass is 9.86. The van der Waals surface area contributed by atoms with Crippen LogP contribution in [0.15, 0.2) is 18.2 Å². The summed E-state index contributed by atoms with van der Waals surface area (Å²) >= 11 is 5.84. The molecule has 0 saturated carbocycles. The zero-order valence-electron chi connectivity index (χ0n) is 11.0. The largest absolute Gasteiger partial charge is 0.327 e. The molecule has 0 heterocycles. The van der Waals surface area contributed by atoms with Gasteiger partial charge in [-0.15, -0.1) is 0 Å². The van der Waals surface area contributed by atoms with Crippen LogP contribution in [0, 0.1) is 11.2 Å². The first-order valence-corrected chi connectivity index (χ1v) is 6.31. The molecule has 4 heteroatoms.